The molecule has 2 aliphatic heterocycles. The predicted octanol–water partition coefficient (Wildman–Crippen LogP) is 1.71. The van der Waals surface area contributed by atoms with Gasteiger partial charge in [-0.1, -0.05) is 0 Å². The van der Waals surface area contributed by atoms with Crippen molar-refractivity contribution in [3.8, 4) is 22.7 Å². The number of rotatable bonds is 3. The number of aliphatic hydroxyl groups is 1. The molecule has 1 aromatic heterocycles. The van der Waals surface area contributed by atoms with E-state index in [4.69, 9.17) is 4.74 Å². The molecule has 3 heterocycles. The second-order valence-electron chi connectivity index (χ2n) is 5.35. The van der Waals surface area contributed by atoms with Crippen LogP contribution >= 0.6 is 0 Å². The molecule has 0 saturated carbocycles. The minimum atomic E-state index is -0.209. The van der Waals surface area contributed by atoms with Crippen LogP contribution in [-0.2, 0) is 6.61 Å². The summed E-state index contributed by atoms with van der Waals surface area (Å²) < 4.78 is 6.49. The summed E-state index contributed by atoms with van der Waals surface area (Å²) in [5, 5.41) is 14.4. The van der Waals surface area contributed by atoms with Crippen molar-refractivity contribution < 1.29 is 9.84 Å². The van der Waals surface area contributed by atoms with Crippen LogP contribution in [0.2, 0.25) is 0 Å². The molecule has 7 heteroatoms. The molecule has 120 valence electrons. The molecular weight excluding hydrogens is 308 g/mol. The maximum absolute atomic E-state index is 12.6. The van der Waals surface area contributed by atoms with Gasteiger partial charge >= 0.3 is 0 Å². The Labute approximate surface area is 136 Å². The quantitative estimate of drug-likeness (QED) is 0.599. The van der Waals surface area contributed by atoms with Crippen molar-refractivity contribution in [2.45, 2.75) is 6.61 Å². The van der Waals surface area contributed by atoms with E-state index in [0.29, 0.717) is 28.4 Å². The van der Waals surface area contributed by atoms with Crippen LogP contribution in [0.4, 0.5) is 0 Å². The lowest BCUT2D eigenvalue weighted by Gasteiger charge is -2.03. The van der Waals surface area contributed by atoms with Gasteiger partial charge in [-0.3, -0.25) is 9.78 Å². The van der Waals surface area contributed by atoms with Crippen LogP contribution in [0.3, 0.4) is 0 Å². The van der Waals surface area contributed by atoms with Gasteiger partial charge in [0.25, 0.3) is 5.56 Å². The maximum atomic E-state index is 12.6. The topological polar surface area (TPSA) is 93.0 Å². The number of hydrogen-bond donors (Lipinski definition) is 2. The fraction of sp³-hybridized carbons (Fsp3) is 0.118. The number of fused-ring (bicyclic) bond motifs is 3. The summed E-state index contributed by atoms with van der Waals surface area (Å²) >= 11 is 0. The van der Waals surface area contributed by atoms with Gasteiger partial charge in [0.05, 0.1) is 36.2 Å². The van der Waals surface area contributed by atoms with E-state index in [9.17, 15) is 9.90 Å². The zero-order valence-electron chi connectivity index (χ0n) is 12.9. The third kappa shape index (κ3) is 2.14. The second kappa shape index (κ2) is 5.47. The lowest BCUT2D eigenvalue weighted by atomic mass is 10.1. The Bertz CT molecular complexity index is 1050. The molecule has 0 atom stereocenters. The number of aliphatic hydroxyl groups excluding tert-OH is 1. The molecule has 2 aliphatic rings. The highest BCUT2D eigenvalue weighted by molar-refractivity contribution is 5.92. The summed E-state index contributed by atoms with van der Waals surface area (Å²) in [6.07, 6.45) is 3.25. The molecule has 0 fully saturated rings. The van der Waals surface area contributed by atoms with Gasteiger partial charge in [0, 0.05) is 17.8 Å². The molecule has 7 nitrogen and oxygen atoms in total. The average molecular weight is 322 g/mol. The summed E-state index contributed by atoms with van der Waals surface area (Å²) in [6.45, 7) is -0.144. The number of pyridine rings is 2. The first-order valence-electron chi connectivity index (χ1n) is 7.35. The van der Waals surface area contributed by atoms with Crippen molar-refractivity contribution in [3.63, 3.8) is 0 Å². The highest BCUT2D eigenvalue weighted by atomic mass is 16.5. The first-order valence-corrected chi connectivity index (χ1v) is 7.35. The smallest absolute Gasteiger partial charge is 0.282 e. The Balaban J connectivity index is 1.94. The number of methoxy groups -OCH3 is 1. The van der Waals surface area contributed by atoms with Crippen LogP contribution in [0.1, 0.15) is 5.69 Å². The van der Waals surface area contributed by atoms with E-state index in [-0.39, 0.29) is 12.2 Å². The largest absolute Gasteiger partial charge is 0.497 e. The molecule has 0 radical (unpaired) electrons. The predicted molar refractivity (Wildman–Crippen MR) is 88.6 cm³/mol. The minimum Gasteiger partial charge on any atom is -0.497 e. The van der Waals surface area contributed by atoms with Gasteiger partial charge in [-0.15, -0.1) is 0 Å². The molecule has 0 spiro atoms. The Morgan fingerprint density at radius 2 is 2.08 bits per heavy atom. The monoisotopic (exact) mass is 322 g/mol. The molecule has 0 aliphatic carbocycles. The molecule has 1 aromatic carbocycles. The van der Waals surface area contributed by atoms with Gasteiger partial charge in [-0.2, -0.15) is 9.78 Å². The van der Waals surface area contributed by atoms with E-state index in [0.717, 1.165) is 10.9 Å². The number of aromatic nitrogens is 4. The van der Waals surface area contributed by atoms with Crippen LogP contribution in [0.15, 0.2) is 47.5 Å². The van der Waals surface area contributed by atoms with Gasteiger partial charge in [0.15, 0.2) is 0 Å². The number of H-pyrrole nitrogens is 1. The molecule has 0 unspecified atom stereocenters. The normalized spacial score (nSPS) is 11.2. The lowest BCUT2D eigenvalue weighted by Crippen LogP contribution is -2.14. The molecule has 2 aromatic rings. The molecule has 2 N–H and O–H groups in total. The third-order valence-corrected chi connectivity index (χ3v) is 3.94. The number of ether oxygens (including phenoxy) is 1. The number of hydrogen-bond acceptors (Lipinski definition) is 5. The van der Waals surface area contributed by atoms with Gasteiger partial charge in [-0.05, 0) is 30.3 Å². The summed E-state index contributed by atoms with van der Waals surface area (Å²) in [5.41, 5.74) is 2.82. The summed E-state index contributed by atoms with van der Waals surface area (Å²) in [4.78, 5) is 19.9. The maximum Gasteiger partial charge on any atom is 0.282 e. The first-order chi connectivity index (χ1) is 11.7. The van der Waals surface area contributed by atoms with Crippen molar-refractivity contribution in [2.75, 3.05) is 7.11 Å². The summed E-state index contributed by atoms with van der Waals surface area (Å²) in [7, 11) is 1.59. The fourth-order valence-electron chi connectivity index (χ4n) is 2.69. The number of aromatic amines is 1. The van der Waals surface area contributed by atoms with Gasteiger partial charge < -0.3 is 14.8 Å². The third-order valence-electron chi connectivity index (χ3n) is 3.94. The van der Waals surface area contributed by atoms with E-state index in [1.54, 1.807) is 49.8 Å². The molecule has 0 bridgehead atoms. The van der Waals surface area contributed by atoms with E-state index in [2.05, 4.69) is 15.1 Å². The SMILES string of the molecule is COc1ccc(-n2nc3c4cnc(CO)cc4[nH]cc-3c2=O)cc1. The van der Waals surface area contributed by atoms with Gasteiger partial charge in [0.2, 0.25) is 0 Å². The molecule has 24 heavy (non-hydrogen) atoms. The Morgan fingerprint density at radius 1 is 1.29 bits per heavy atom. The van der Waals surface area contributed by atoms with Crippen molar-refractivity contribution in [1.29, 1.82) is 0 Å². The van der Waals surface area contributed by atoms with Crippen molar-refractivity contribution in [1.82, 2.24) is 19.7 Å². The van der Waals surface area contributed by atoms with Crippen LogP contribution in [-0.4, -0.2) is 32.0 Å². The van der Waals surface area contributed by atoms with Crippen molar-refractivity contribution >= 4 is 10.9 Å². The lowest BCUT2D eigenvalue weighted by molar-refractivity contribution is 0.277. The van der Waals surface area contributed by atoms with Crippen LogP contribution in [0.25, 0.3) is 27.8 Å². The Hall–Kier alpha value is -3.19. The van der Waals surface area contributed by atoms with Gasteiger partial charge in [0.1, 0.15) is 11.4 Å². The molecular formula is C17H14N4O3. The highest BCUT2D eigenvalue weighted by Gasteiger charge is 2.19. The van der Waals surface area contributed by atoms with Gasteiger partial charge in [-0.25, -0.2) is 0 Å². The van der Waals surface area contributed by atoms with Crippen molar-refractivity contribution in [3.05, 3.63) is 58.8 Å². The zero-order valence-corrected chi connectivity index (χ0v) is 12.9. The molecule has 0 saturated heterocycles. The minimum absolute atomic E-state index is 0.144. The van der Waals surface area contributed by atoms with Crippen molar-refractivity contribution in [2.24, 2.45) is 0 Å². The zero-order chi connectivity index (χ0) is 16.7. The summed E-state index contributed by atoms with van der Waals surface area (Å²) in [6, 6.07) is 8.85. The van der Waals surface area contributed by atoms with E-state index < -0.39 is 0 Å². The second-order valence-corrected chi connectivity index (χ2v) is 5.35. The first kappa shape index (κ1) is 14.4. The van der Waals surface area contributed by atoms with E-state index in [1.165, 1.54) is 4.68 Å². The highest BCUT2D eigenvalue weighted by Crippen LogP contribution is 2.26. The number of nitrogens with one attached hydrogen (secondary N) is 1. The standard InChI is InChI=1S/C17H14N4O3/c1-24-12-4-2-11(3-5-12)21-17(23)14-8-19-15-6-10(9-22)18-7-13(15)16(14)20-21/h2-8,19,22H,9H2,1H3. The van der Waals surface area contributed by atoms with Crippen LogP contribution < -0.4 is 10.3 Å². The summed E-state index contributed by atoms with van der Waals surface area (Å²) in [5.74, 6) is 0.711. The van der Waals surface area contributed by atoms with Crippen LogP contribution in [0, 0.1) is 0 Å². The molecule has 4 rings (SSSR count). The van der Waals surface area contributed by atoms with Crippen LogP contribution in [0.5, 0.6) is 5.75 Å². The molecule has 0 amide bonds. The number of benzene rings is 1. The number of nitrogens with zero attached hydrogens (tertiary/aromatic N) is 3. The average Bonchev–Trinajstić information content (AvgIpc) is 2.98. The van der Waals surface area contributed by atoms with E-state index >= 15 is 0 Å². The van der Waals surface area contributed by atoms with E-state index in [1.807, 2.05) is 0 Å². The Kier molecular flexibility index (Phi) is 3.28. The fourth-order valence-corrected chi connectivity index (χ4v) is 2.69. The Morgan fingerprint density at radius 3 is 2.79 bits per heavy atom.